The maximum atomic E-state index is 9.61. The van der Waals surface area contributed by atoms with Crippen LogP contribution in [-0.4, -0.2) is 0 Å². The summed E-state index contributed by atoms with van der Waals surface area (Å²) in [5.74, 6) is 0. The monoisotopic (exact) mass is 607 g/mol. The van der Waals surface area contributed by atoms with Crippen molar-refractivity contribution >= 4 is 60.5 Å². The number of furan rings is 1. The van der Waals surface area contributed by atoms with Gasteiger partial charge < -0.3 is 9.32 Å². The summed E-state index contributed by atoms with van der Waals surface area (Å²) in [5.41, 5.74) is -3.25. The number of rotatable bonds is 5. The Bertz CT molecular complexity index is 3580. The molecule has 0 atom stereocenters. The summed E-state index contributed by atoms with van der Waals surface area (Å²) in [6, 6.07) is -1.00. The van der Waals surface area contributed by atoms with Gasteiger partial charge in [-0.3, -0.25) is 0 Å². The summed E-state index contributed by atoms with van der Waals surface area (Å²) in [7, 11) is 0. The number of fused-ring (bicyclic) bond motifs is 6. The van der Waals surface area contributed by atoms with E-state index in [0.717, 1.165) is 10.3 Å². The highest BCUT2D eigenvalue weighted by atomic mass is 16.3. The van der Waals surface area contributed by atoms with Gasteiger partial charge >= 0.3 is 0 Å². The molecular formula is C44H29NO. The average Bonchev–Trinajstić information content (AvgIpc) is 3.70. The van der Waals surface area contributed by atoms with Crippen molar-refractivity contribution < 1.29 is 31.8 Å². The quantitative estimate of drug-likeness (QED) is 0.193. The molecule has 0 radical (unpaired) electrons. The van der Waals surface area contributed by atoms with E-state index >= 15 is 0 Å². The molecule has 8 aromatic carbocycles. The predicted octanol–water partition coefficient (Wildman–Crippen LogP) is 12.7. The molecule has 1 aromatic heterocycles. The van der Waals surface area contributed by atoms with Crippen LogP contribution in [0.4, 0.5) is 17.1 Å². The molecule has 0 bridgehead atoms. The van der Waals surface area contributed by atoms with Crippen molar-refractivity contribution in [1.82, 2.24) is 0 Å². The molecule has 0 aliphatic rings. The second-order valence-corrected chi connectivity index (χ2v) is 10.2. The minimum absolute atomic E-state index is 0.00152. The van der Waals surface area contributed by atoms with Crippen LogP contribution in [0.5, 0.6) is 0 Å². The van der Waals surface area contributed by atoms with Crippen LogP contribution in [0.2, 0.25) is 0 Å². The Morgan fingerprint density at radius 3 is 1.91 bits per heavy atom. The van der Waals surface area contributed by atoms with E-state index in [1.165, 1.54) is 12.1 Å². The molecule has 9 aromatic rings. The molecule has 0 aliphatic heterocycles. The van der Waals surface area contributed by atoms with Crippen LogP contribution in [0.3, 0.4) is 0 Å². The SMILES string of the molecule is [2H]c1c([2H])c([2H])c(-c2c([2H])c([2H])c(-c3c([2H])c([2H])c(N(c4c([2H])c([2H])c([2H])c5c([2H])c([2H])c([2H])c([2H])c45)c4cccc5oc6c7ccccc7ccc6c45)c([2H])c3[2H])c([2H])c2[2H])c([2H])c1[2H]. The molecule has 0 unspecified atom stereocenters. The summed E-state index contributed by atoms with van der Waals surface area (Å²) < 4.78 is 184. The number of anilines is 3. The lowest BCUT2D eigenvalue weighted by Gasteiger charge is -2.27. The van der Waals surface area contributed by atoms with Gasteiger partial charge in [0.25, 0.3) is 0 Å². The van der Waals surface area contributed by atoms with E-state index in [-0.39, 0.29) is 16.7 Å². The summed E-state index contributed by atoms with van der Waals surface area (Å²) >= 11 is 0. The summed E-state index contributed by atoms with van der Waals surface area (Å²) in [6.45, 7) is 0. The van der Waals surface area contributed by atoms with E-state index in [0.29, 0.717) is 16.4 Å². The van der Waals surface area contributed by atoms with Gasteiger partial charge in [0.1, 0.15) is 11.2 Å². The first-order chi connectivity index (χ1) is 31.1. The maximum absolute atomic E-state index is 9.61. The molecular weight excluding hydrogens is 558 g/mol. The molecule has 46 heavy (non-hydrogen) atoms. The first kappa shape index (κ1) is 13.1. The van der Waals surface area contributed by atoms with Gasteiger partial charge in [-0.05, 0) is 69.4 Å². The number of benzene rings is 8. The lowest BCUT2D eigenvalue weighted by atomic mass is 9.99. The minimum atomic E-state index is -0.927. The molecule has 0 fully saturated rings. The molecule has 216 valence electrons. The number of nitrogens with zero attached hydrogens (tertiary/aromatic N) is 1. The third-order valence-electron chi connectivity index (χ3n) is 7.58. The fourth-order valence-electron chi connectivity index (χ4n) is 5.52. The second kappa shape index (κ2) is 10.8. The molecule has 0 spiro atoms. The molecule has 9 rings (SSSR count). The van der Waals surface area contributed by atoms with E-state index in [9.17, 15) is 6.85 Å². The van der Waals surface area contributed by atoms with Gasteiger partial charge in [-0.15, -0.1) is 0 Å². The summed E-state index contributed by atoms with van der Waals surface area (Å²) in [6.07, 6.45) is 0. The van der Waals surface area contributed by atoms with Crippen LogP contribution in [-0.2, 0) is 0 Å². The largest absolute Gasteiger partial charge is 0.455 e. The van der Waals surface area contributed by atoms with Crippen LogP contribution in [0.15, 0.2) is 180 Å². The van der Waals surface area contributed by atoms with E-state index in [1.54, 1.807) is 18.2 Å². The van der Waals surface area contributed by atoms with Gasteiger partial charge in [-0.1, -0.05) is 139 Å². The minimum Gasteiger partial charge on any atom is -0.455 e. The molecule has 2 nitrogen and oxygen atoms in total. The number of hydrogen-bond donors (Lipinski definition) is 0. The Morgan fingerprint density at radius 2 is 1.11 bits per heavy atom. The van der Waals surface area contributed by atoms with Crippen molar-refractivity contribution in [2.45, 2.75) is 0 Å². The van der Waals surface area contributed by atoms with Crippen molar-refractivity contribution in [2.75, 3.05) is 4.90 Å². The van der Waals surface area contributed by atoms with Crippen molar-refractivity contribution in [3.63, 3.8) is 0 Å². The van der Waals surface area contributed by atoms with Gasteiger partial charge in [0.2, 0.25) is 0 Å². The topological polar surface area (TPSA) is 16.4 Å². The van der Waals surface area contributed by atoms with Crippen molar-refractivity contribution in [3.8, 4) is 22.3 Å². The van der Waals surface area contributed by atoms with Crippen molar-refractivity contribution in [1.29, 1.82) is 0 Å². The second-order valence-electron chi connectivity index (χ2n) is 10.2. The summed E-state index contributed by atoms with van der Waals surface area (Å²) in [5, 5.41) is 1.35. The molecule has 1 heterocycles. The Hall–Kier alpha value is -6.12. The fraction of sp³-hybridized carbons (Fsp3) is 0. The van der Waals surface area contributed by atoms with Gasteiger partial charge in [-0.2, -0.15) is 0 Å². The van der Waals surface area contributed by atoms with Crippen LogP contribution in [0, 0.1) is 0 Å². The van der Waals surface area contributed by atoms with Gasteiger partial charge in [0.05, 0.1) is 44.2 Å². The zero-order valence-corrected chi connectivity index (χ0v) is 23.6. The molecule has 2 heteroatoms. The van der Waals surface area contributed by atoms with E-state index in [2.05, 4.69) is 0 Å². The van der Waals surface area contributed by atoms with Crippen molar-refractivity contribution in [3.05, 3.63) is 175 Å². The van der Waals surface area contributed by atoms with Crippen molar-refractivity contribution in [2.24, 2.45) is 0 Å². The van der Waals surface area contributed by atoms with Crippen LogP contribution < -0.4 is 4.90 Å². The first-order valence-corrected chi connectivity index (χ1v) is 14.1. The van der Waals surface area contributed by atoms with Gasteiger partial charge in [-0.25, -0.2) is 0 Å². The maximum Gasteiger partial charge on any atom is 0.143 e. The molecule has 0 aliphatic carbocycles. The van der Waals surface area contributed by atoms with Gasteiger partial charge in [0.15, 0.2) is 0 Å². The Labute approximate surface area is 295 Å². The Kier molecular flexibility index (Phi) is 3.07. The first-order valence-electron chi connectivity index (χ1n) is 24.1. The highest BCUT2D eigenvalue weighted by molar-refractivity contribution is 6.20. The fourth-order valence-corrected chi connectivity index (χ4v) is 5.52. The Morgan fingerprint density at radius 1 is 0.435 bits per heavy atom. The smallest absolute Gasteiger partial charge is 0.143 e. The lowest BCUT2D eigenvalue weighted by molar-refractivity contribution is 0.672. The van der Waals surface area contributed by atoms with Gasteiger partial charge in [0, 0.05) is 21.8 Å². The van der Waals surface area contributed by atoms with E-state index < -0.39 is 165 Å². The van der Waals surface area contributed by atoms with E-state index in [1.807, 2.05) is 24.3 Å². The third-order valence-corrected chi connectivity index (χ3v) is 7.58. The lowest BCUT2D eigenvalue weighted by Crippen LogP contribution is -2.10. The normalized spacial score (nSPS) is 17.6. The third kappa shape index (κ3) is 4.35. The highest BCUT2D eigenvalue weighted by Crippen LogP contribution is 2.46. The molecule has 0 amide bonds. The number of hydrogen-bond acceptors (Lipinski definition) is 2. The molecule has 0 saturated heterocycles. The molecule has 0 saturated carbocycles. The predicted molar refractivity (Wildman–Crippen MR) is 194 cm³/mol. The van der Waals surface area contributed by atoms with Crippen LogP contribution in [0.25, 0.3) is 65.7 Å². The highest BCUT2D eigenvalue weighted by Gasteiger charge is 2.21. The van der Waals surface area contributed by atoms with E-state index in [4.69, 9.17) is 25.0 Å². The van der Waals surface area contributed by atoms with Crippen LogP contribution in [0.1, 0.15) is 27.4 Å². The Balaban J connectivity index is 1.42. The zero-order chi connectivity index (χ0) is 47.9. The standard InChI is InChI=1S/C44H29NO/c1-2-10-30(11-3-1)31-20-22-32(23-21-31)33-24-27-36(28-25-33)45(40-17-8-14-34-12-4-6-15-37(34)40)41-18-9-19-42-43(41)39-29-26-35-13-5-7-16-38(35)44(39)46-42/h1-29H/i1D,2D,3D,4D,6D,8D,10D,11D,12D,14D,15D,17D,20D,21D,22D,23D,24D,25D,27D,28D. The summed E-state index contributed by atoms with van der Waals surface area (Å²) in [4.78, 5) is 1.05. The van der Waals surface area contributed by atoms with Crippen LogP contribution >= 0.6 is 0 Å². The average molecular weight is 608 g/mol. The molecule has 0 N–H and O–H groups in total. The zero-order valence-electron chi connectivity index (χ0n) is 43.6.